The highest BCUT2D eigenvalue weighted by Gasteiger charge is 2.19. The topological polar surface area (TPSA) is 142 Å². The van der Waals surface area contributed by atoms with Crippen molar-refractivity contribution in [2.24, 2.45) is 0 Å². The average Bonchev–Trinajstić information content (AvgIpc) is 3.21. The van der Waals surface area contributed by atoms with Crippen molar-refractivity contribution in [3.05, 3.63) is 80.3 Å². The number of carbonyl (C=O) groups excluding carboxylic acids is 1. The number of nitrogens with one attached hydrogen (secondary N) is 4. The van der Waals surface area contributed by atoms with E-state index in [1.54, 1.807) is 38.2 Å². The van der Waals surface area contributed by atoms with E-state index in [1.165, 1.54) is 30.3 Å². The molecule has 4 aromatic rings. The number of amides is 2. The summed E-state index contributed by atoms with van der Waals surface area (Å²) in [6.07, 6.45) is 0. The molecule has 0 atom stereocenters. The lowest BCUT2D eigenvalue weighted by Gasteiger charge is -2.10. The number of rotatable bonds is 5. The fourth-order valence-electron chi connectivity index (χ4n) is 3.19. The number of benzene rings is 2. The number of sulfonamides is 1. The number of fused-ring (bicyclic) bond motifs is 1. The minimum absolute atomic E-state index is 0.0299. The van der Waals surface area contributed by atoms with Crippen LogP contribution in [0.25, 0.3) is 16.6 Å². The Labute approximate surface area is 192 Å². The molecule has 0 saturated carbocycles. The fraction of sp³-hybridized carbons (Fsp3) is 0.0952. The fourth-order valence-corrected chi connectivity index (χ4v) is 5.38. The van der Waals surface area contributed by atoms with Gasteiger partial charge in [-0.1, -0.05) is 0 Å². The third kappa shape index (κ3) is 4.52. The first kappa shape index (κ1) is 22.3. The Kier molecular flexibility index (Phi) is 5.78. The second-order valence-corrected chi connectivity index (χ2v) is 10.2. The monoisotopic (exact) mass is 485 g/mol. The maximum absolute atomic E-state index is 12.9. The molecule has 0 fully saturated rings. The van der Waals surface area contributed by atoms with Gasteiger partial charge in [0.1, 0.15) is 4.21 Å². The van der Waals surface area contributed by atoms with Crippen molar-refractivity contribution in [3.8, 4) is 5.69 Å². The zero-order chi connectivity index (χ0) is 23.8. The number of carbonyl (C=O) groups is 1. The average molecular weight is 486 g/mol. The molecule has 4 rings (SSSR count). The van der Waals surface area contributed by atoms with Gasteiger partial charge in [-0.15, -0.1) is 11.3 Å². The van der Waals surface area contributed by atoms with Gasteiger partial charge in [0.25, 0.3) is 15.6 Å². The summed E-state index contributed by atoms with van der Waals surface area (Å²) in [7, 11) is -2.25. The molecule has 2 aromatic carbocycles. The molecule has 0 saturated heterocycles. The molecule has 10 nitrogen and oxygen atoms in total. The molecule has 0 aliphatic carbocycles. The van der Waals surface area contributed by atoms with Crippen molar-refractivity contribution in [3.63, 3.8) is 0 Å². The van der Waals surface area contributed by atoms with E-state index in [2.05, 4.69) is 15.6 Å². The second kappa shape index (κ2) is 8.56. The number of aromatic amines is 1. The number of urea groups is 1. The Morgan fingerprint density at radius 1 is 1.00 bits per heavy atom. The summed E-state index contributed by atoms with van der Waals surface area (Å²) in [4.78, 5) is 41.1. The van der Waals surface area contributed by atoms with Crippen LogP contribution in [0.15, 0.2) is 68.4 Å². The highest BCUT2D eigenvalue weighted by atomic mass is 32.2. The van der Waals surface area contributed by atoms with Crippen LogP contribution in [0.4, 0.5) is 16.2 Å². The van der Waals surface area contributed by atoms with Gasteiger partial charge >= 0.3 is 11.7 Å². The Morgan fingerprint density at radius 3 is 2.33 bits per heavy atom. The maximum Gasteiger partial charge on any atom is 0.333 e. The van der Waals surface area contributed by atoms with Gasteiger partial charge in [-0.25, -0.2) is 27.3 Å². The highest BCUT2D eigenvalue weighted by molar-refractivity contribution is 7.92. The van der Waals surface area contributed by atoms with E-state index in [0.29, 0.717) is 10.9 Å². The Balaban J connectivity index is 1.56. The molecule has 2 amide bonds. The minimum Gasteiger partial charge on any atom is -0.388 e. The van der Waals surface area contributed by atoms with Crippen LogP contribution in [-0.2, 0) is 10.0 Å². The smallest absolute Gasteiger partial charge is 0.333 e. The lowest BCUT2D eigenvalue weighted by molar-refractivity contribution is 0.256. The summed E-state index contributed by atoms with van der Waals surface area (Å²) in [6, 6.07) is 13.0. The van der Waals surface area contributed by atoms with E-state index in [-0.39, 0.29) is 15.6 Å². The Bertz CT molecular complexity index is 1580. The van der Waals surface area contributed by atoms with Gasteiger partial charge in [0.15, 0.2) is 0 Å². The van der Waals surface area contributed by atoms with Crippen LogP contribution >= 0.6 is 11.3 Å². The maximum atomic E-state index is 12.9. The van der Waals surface area contributed by atoms with Crippen molar-refractivity contribution in [1.82, 2.24) is 14.3 Å². The van der Waals surface area contributed by atoms with E-state index in [1.807, 2.05) is 4.72 Å². The zero-order valence-corrected chi connectivity index (χ0v) is 19.1. The molecule has 0 radical (unpaired) electrons. The zero-order valence-electron chi connectivity index (χ0n) is 17.5. The van der Waals surface area contributed by atoms with Gasteiger partial charge in [0, 0.05) is 23.3 Å². The first-order valence-electron chi connectivity index (χ1n) is 9.65. The summed E-state index contributed by atoms with van der Waals surface area (Å²) in [6.45, 7) is 1.76. The van der Waals surface area contributed by atoms with E-state index in [4.69, 9.17) is 0 Å². The number of anilines is 2. The molecule has 0 aliphatic rings. The van der Waals surface area contributed by atoms with Gasteiger partial charge in [0.2, 0.25) is 0 Å². The molecule has 2 heterocycles. The van der Waals surface area contributed by atoms with Crippen LogP contribution in [0.3, 0.4) is 0 Å². The molecule has 2 aromatic heterocycles. The van der Waals surface area contributed by atoms with Crippen LogP contribution in [-0.4, -0.2) is 31.0 Å². The highest BCUT2D eigenvalue weighted by Crippen LogP contribution is 2.20. The molecule has 0 aliphatic heterocycles. The molecule has 0 bridgehead atoms. The van der Waals surface area contributed by atoms with Crippen molar-refractivity contribution >= 4 is 49.7 Å². The molecule has 170 valence electrons. The van der Waals surface area contributed by atoms with E-state index in [9.17, 15) is 22.8 Å². The van der Waals surface area contributed by atoms with Crippen molar-refractivity contribution in [2.75, 3.05) is 17.7 Å². The van der Waals surface area contributed by atoms with Gasteiger partial charge in [-0.05, 0) is 61.5 Å². The summed E-state index contributed by atoms with van der Waals surface area (Å²) in [5, 5.41) is 5.70. The van der Waals surface area contributed by atoms with Crippen LogP contribution in [0.1, 0.15) is 4.88 Å². The van der Waals surface area contributed by atoms with E-state index >= 15 is 0 Å². The molecule has 0 unspecified atom stereocenters. The summed E-state index contributed by atoms with van der Waals surface area (Å²) < 4.78 is 27.5. The molecular formula is C21H19N5O5S2. The van der Waals surface area contributed by atoms with Crippen LogP contribution in [0, 0.1) is 6.92 Å². The first-order chi connectivity index (χ1) is 15.7. The largest absolute Gasteiger partial charge is 0.388 e. The van der Waals surface area contributed by atoms with E-state index < -0.39 is 27.3 Å². The SMILES string of the molecule is CNc1ccc2c(=O)n(-c3ccc(NC(=O)NS(=O)(=O)c4ccc(C)s4)cc3)c(=O)[nH]c2c1. The molecule has 4 N–H and O–H groups in total. The quantitative estimate of drug-likeness (QED) is 0.342. The first-order valence-corrected chi connectivity index (χ1v) is 12.0. The van der Waals surface area contributed by atoms with E-state index in [0.717, 1.165) is 26.5 Å². The molecule has 0 spiro atoms. The molecule has 12 heteroatoms. The predicted octanol–water partition coefficient (Wildman–Crippen LogP) is 2.60. The van der Waals surface area contributed by atoms with Crippen molar-refractivity contribution in [2.45, 2.75) is 11.1 Å². The van der Waals surface area contributed by atoms with Gasteiger partial charge in [-0.3, -0.25) is 4.79 Å². The van der Waals surface area contributed by atoms with Crippen LogP contribution < -0.4 is 26.6 Å². The number of thiophene rings is 1. The standard InChI is InChI=1S/C21H19N5O5S2/c1-12-3-10-18(32-12)33(30,31)25-20(28)23-13-4-7-15(8-5-13)26-19(27)16-9-6-14(22-2)11-17(16)24-21(26)29/h3-11,22H,1-2H3,(H,24,29)(H2,23,25,28). The van der Waals surface area contributed by atoms with Gasteiger partial charge in [0.05, 0.1) is 16.6 Å². The number of aryl methyl sites for hydroxylation is 1. The normalized spacial score (nSPS) is 11.3. The summed E-state index contributed by atoms with van der Waals surface area (Å²) >= 11 is 1.05. The predicted molar refractivity (Wildman–Crippen MR) is 128 cm³/mol. The van der Waals surface area contributed by atoms with Gasteiger partial charge < -0.3 is 15.6 Å². The minimum atomic E-state index is -3.99. The number of aromatic nitrogens is 2. The van der Waals surface area contributed by atoms with Crippen molar-refractivity contribution in [1.29, 1.82) is 0 Å². The number of nitrogens with zero attached hydrogens (tertiary/aromatic N) is 1. The summed E-state index contributed by atoms with van der Waals surface area (Å²) in [5.41, 5.74) is 0.611. The lowest BCUT2D eigenvalue weighted by atomic mass is 10.2. The van der Waals surface area contributed by atoms with Crippen LogP contribution in [0.2, 0.25) is 0 Å². The molecule has 33 heavy (non-hydrogen) atoms. The third-order valence-corrected chi connectivity index (χ3v) is 7.60. The summed E-state index contributed by atoms with van der Waals surface area (Å²) in [5.74, 6) is 0. The number of H-pyrrole nitrogens is 1. The van der Waals surface area contributed by atoms with Crippen LogP contribution in [0.5, 0.6) is 0 Å². The van der Waals surface area contributed by atoms with Crippen molar-refractivity contribution < 1.29 is 13.2 Å². The lowest BCUT2D eigenvalue weighted by Crippen LogP contribution is -2.34. The number of hydrogen-bond acceptors (Lipinski definition) is 7. The second-order valence-electron chi connectivity index (χ2n) is 7.05. The molecular weight excluding hydrogens is 466 g/mol. The van der Waals surface area contributed by atoms with Gasteiger partial charge in [-0.2, -0.15) is 0 Å². The Morgan fingerprint density at radius 2 is 1.70 bits per heavy atom. The third-order valence-electron chi connectivity index (χ3n) is 4.78. The Hall–Kier alpha value is -3.90. The number of hydrogen-bond donors (Lipinski definition) is 4.